The lowest BCUT2D eigenvalue weighted by molar-refractivity contribution is -0.133. The lowest BCUT2D eigenvalue weighted by Crippen LogP contribution is -2.47. The largest absolute Gasteiger partial charge is 0.496 e. The fourth-order valence-corrected chi connectivity index (χ4v) is 5.81. The highest BCUT2D eigenvalue weighted by atomic mass is 16.5. The van der Waals surface area contributed by atoms with Crippen LogP contribution in [0.15, 0.2) is 42.6 Å². The van der Waals surface area contributed by atoms with Gasteiger partial charge in [0.15, 0.2) is 18.2 Å². The summed E-state index contributed by atoms with van der Waals surface area (Å²) in [4.78, 5) is 73.0. The number of pyridine rings is 1. The number of hydrogen-bond acceptors (Lipinski definition) is 8. The van der Waals surface area contributed by atoms with Crippen LogP contribution in [0.2, 0.25) is 0 Å². The predicted octanol–water partition coefficient (Wildman–Crippen LogP) is 5.18. The van der Waals surface area contributed by atoms with E-state index in [4.69, 9.17) is 9.47 Å². The van der Waals surface area contributed by atoms with Crippen LogP contribution in [0.3, 0.4) is 0 Å². The standard InChI is InChI=1S/C34H41N3O7/c1-20(2)15-23(17-30(39)28-18-25-26(36-28)11-7-13-32(25)43-4)33(41)37-27(16-22-9-5-6-12-29(22)38)31(40)19-44-34(42)24-10-8-14-35-21(24)3/h7-8,10-11,13-14,18,20,22-23,27,36H,5-6,9,12,15-17,19H2,1-4H3,(H,37,41)/t22-,23+,27-/m0/s1. The second-order valence-corrected chi connectivity index (χ2v) is 11.9. The SMILES string of the molecule is COc1cccc2[nH]c(C(=O)C[C@@H](CC(C)C)C(=O)N[C@@H](C[C@@H]3CCCCC3=O)C(=O)COC(=O)c3cccnc3C)cc12. The van der Waals surface area contributed by atoms with Gasteiger partial charge in [-0.3, -0.25) is 24.2 Å². The summed E-state index contributed by atoms with van der Waals surface area (Å²) >= 11 is 0. The number of nitrogens with zero attached hydrogens (tertiary/aromatic N) is 1. The van der Waals surface area contributed by atoms with Crippen LogP contribution in [0.4, 0.5) is 0 Å². The summed E-state index contributed by atoms with van der Waals surface area (Å²) in [6.07, 6.45) is 4.76. The Morgan fingerprint density at radius 2 is 1.91 bits per heavy atom. The molecule has 10 heteroatoms. The number of fused-ring (bicyclic) bond motifs is 1. The smallest absolute Gasteiger partial charge is 0.340 e. The van der Waals surface area contributed by atoms with Gasteiger partial charge in [0.1, 0.15) is 11.5 Å². The van der Waals surface area contributed by atoms with Gasteiger partial charge >= 0.3 is 5.97 Å². The number of aromatic amines is 1. The Labute approximate surface area is 257 Å². The summed E-state index contributed by atoms with van der Waals surface area (Å²) in [5.74, 6) is -2.19. The van der Waals surface area contributed by atoms with Crippen LogP contribution >= 0.6 is 0 Å². The molecule has 0 spiro atoms. The summed E-state index contributed by atoms with van der Waals surface area (Å²) in [5.41, 5.74) is 1.83. The van der Waals surface area contributed by atoms with Crippen molar-refractivity contribution in [1.82, 2.24) is 15.3 Å². The van der Waals surface area contributed by atoms with Gasteiger partial charge < -0.3 is 19.8 Å². The van der Waals surface area contributed by atoms with E-state index in [1.165, 1.54) is 0 Å². The number of carbonyl (C=O) groups is 5. The van der Waals surface area contributed by atoms with Crippen molar-refractivity contribution in [2.24, 2.45) is 17.8 Å². The second kappa shape index (κ2) is 14.9. The fraction of sp³-hybridized carbons (Fsp3) is 0.471. The summed E-state index contributed by atoms with van der Waals surface area (Å²) in [7, 11) is 1.56. The Morgan fingerprint density at radius 1 is 1.11 bits per heavy atom. The Morgan fingerprint density at radius 3 is 2.61 bits per heavy atom. The predicted molar refractivity (Wildman–Crippen MR) is 165 cm³/mol. The second-order valence-electron chi connectivity index (χ2n) is 11.9. The molecule has 0 radical (unpaired) electrons. The van der Waals surface area contributed by atoms with Gasteiger partial charge in [-0.25, -0.2) is 4.79 Å². The molecule has 0 unspecified atom stereocenters. The normalized spacial score (nSPS) is 16.4. The van der Waals surface area contributed by atoms with E-state index in [1.54, 1.807) is 38.4 Å². The maximum Gasteiger partial charge on any atom is 0.340 e. The quantitative estimate of drug-likeness (QED) is 0.190. The number of esters is 1. The van der Waals surface area contributed by atoms with Crippen molar-refractivity contribution in [2.75, 3.05) is 13.7 Å². The number of amides is 1. The molecule has 3 atom stereocenters. The third-order valence-electron chi connectivity index (χ3n) is 8.18. The van der Waals surface area contributed by atoms with Gasteiger partial charge in [-0.15, -0.1) is 0 Å². The number of hydrogen-bond donors (Lipinski definition) is 2. The lowest BCUT2D eigenvalue weighted by atomic mass is 9.82. The molecule has 1 amide bonds. The minimum Gasteiger partial charge on any atom is -0.496 e. The Bertz CT molecular complexity index is 1530. The Hall–Kier alpha value is -4.34. The molecule has 1 fully saturated rings. The van der Waals surface area contributed by atoms with Crippen molar-refractivity contribution in [3.05, 3.63) is 59.5 Å². The van der Waals surface area contributed by atoms with E-state index in [0.29, 0.717) is 36.4 Å². The molecule has 1 aliphatic rings. The monoisotopic (exact) mass is 603 g/mol. The zero-order valence-electron chi connectivity index (χ0n) is 25.8. The van der Waals surface area contributed by atoms with Crippen LogP contribution in [0.5, 0.6) is 5.75 Å². The topological polar surface area (TPSA) is 145 Å². The molecule has 0 bridgehead atoms. The van der Waals surface area contributed by atoms with E-state index < -0.39 is 36.2 Å². The summed E-state index contributed by atoms with van der Waals surface area (Å²) in [5, 5.41) is 3.61. The van der Waals surface area contributed by atoms with Crippen molar-refractivity contribution >= 4 is 40.1 Å². The molecule has 234 valence electrons. The van der Waals surface area contributed by atoms with Crippen LogP contribution in [0, 0.1) is 24.7 Å². The first-order chi connectivity index (χ1) is 21.1. The van der Waals surface area contributed by atoms with Gasteiger partial charge in [0.05, 0.1) is 30.1 Å². The first-order valence-corrected chi connectivity index (χ1v) is 15.2. The molecule has 10 nitrogen and oxygen atoms in total. The van der Waals surface area contributed by atoms with Crippen LogP contribution in [-0.2, 0) is 19.1 Å². The zero-order valence-corrected chi connectivity index (χ0v) is 25.8. The van der Waals surface area contributed by atoms with Gasteiger partial charge in [0.2, 0.25) is 5.91 Å². The number of aromatic nitrogens is 2. The maximum atomic E-state index is 13.7. The van der Waals surface area contributed by atoms with E-state index in [9.17, 15) is 24.0 Å². The fourth-order valence-electron chi connectivity index (χ4n) is 5.81. The number of H-pyrrole nitrogens is 1. The molecule has 1 aliphatic carbocycles. The molecule has 0 saturated heterocycles. The average molecular weight is 604 g/mol. The molecule has 4 rings (SSSR count). The van der Waals surface area contributed by atoms with E-state index in [-0.39, 0.29) is 41.8 Å². The summed E-state index contributed by atoms with van der Waals surface area (Å²) in [6, 6.07) is 9.32. The van der Waals surface area contributed by atoms with Crippen LogP contribution < -0.4 is 10.1 Å². The number of benzene rings is 1. The molecular weight excluding hydrogens is 562 g/mol. The molecule has 1 aromatic carbocycles. The minimum absolute atomic E-state index is 0.0643. The Balaban J connectivity index is 1.50. The summed E-state index contributed by atoms with van der Waals surface area (Å²) < 4.78 is 10.7. The van der Waals surface area contributed by atoms with E-state index in [1.807, 2.05) is 32.0 Å². The van der Waals surface area contributed by atoms with E-state index in [0.717, 1.165) is 23.7 Å². The van der Waals surface area contributed by atoms with Crippen molar-refractivity contribution in [2.45, 2.75) is 71.8 Å². The summed E-state index contributed by atoms with van der Waals surface area (Å²) in [6.45, 7) is 5.02. The molecule has 3 aromatic rings. The van der Waals surface area contributed by atoms with E-state index in [2.05, 4.69) is 15.3 Å². The molecule has 0 aliphatic heterocycles. The average Bonchev–Trinajstić information content (AvgIpc) is 3.45. The number of nitrogens with one attached hydrogen (secondary N) is 2. The van der Waals surface area contributed by atoms with Crippen LogP contribution in [0.1, 0.15) is 85.3 Å². The first-order valence-electron chi connectivity index (χ1n) is 15.2. The highest BCUT2D eigenvalue weighted by Crippen LogP contribution is 2.28. The van der Waals surface area contributed by atoms with Crippen molar-refractivity contribution in [3.63, 3.8) is 0 Å². The maximum absolute atomic E-state index is 13.7. The highest BCUT2D eigenvalue weighted by Gasteiger charge is 2.33. The van der Waals surface area contributed by atoms with Gasteiger partial charge in [-0.05, 0) is 68.9 Å². The van der Waals surface area contributed by atoms with E-state index >= 15 is 0 Å². The number of Topliss-reactive ketones (excluding diaryl/α,β-unsaturated/α-hetero) is 3. The third-order valence-corrected chi connectivity index (χ3v) is 8.18. The molecule has 44 heavy (non-hydrogen) atoms. The molecule has 2 aromatic heterocycles. The van der Waals surface area contributed by atoms with Gasteiger partial charge in [-0.1, -0.05) is 26.3 Å². The molecule has 1 saturated carbocycles. The van der Waals surface area contributed by atoms with Crippen molar-refractivity contribution < 1.29 is 33.4 Å². The Kier molecular flexibility index (Phi) is 11.0. The van der Waals surface area contributed by atoms with Gasteiger partial charge in [0, 0.05) is 41.8 Å². The van der Waals surface area contributed by atoms with Crippen LogP contribution in [0.25, 0.3) is 10.9 Å². The number of carbonyl (C=O) groups excluding carboxylic acids is 5. The molecule has 2 N–H and O–H groups in total. The van der Waals surface area contributed by atoms with Gasteiger partial charge in [-0.2, -0.15) is 0 Å². The number of ketones is 3. The van der Waals surface area contributed by atoms with Crippen molar-refractivity contribution in [3.8, 4) is 5.75 Å². The minimum atomic E-state index is -1.04. The van der Waals surface area contributed by atoms with Crippen LogP contribution in [-0.4, -0.2) is 59.0 Å². The number of ether oxygens (including phenoxy) is 2. The highest BCUT2D eigenvalue weighted by molar-refractivity contribution is 6.03. The van der Waals surface area contributed by atoms with Gasteiger partial charge in [0.25, 0.3) is 0 Å². The lowest BCUT2D eigenvalue weighted by Gasteiger charge is -2.27. The number of rotatable bonds is 14. The number of methoxy groups -OCH3 is 1. The molecular formula is C34H41N3O7. The van der Waals surface area contributed by atoms with Crippen molar-refractivity contribution in [1.29, 1.82) is 0 Å². The third kappa shape index (κ3) is 8.18. The zero-order chi connectivity index (χ0) is 31.8. The number of aryl methyl sites for hydroxylation is 1. The first kappa shape index (κ1) is 32.6. The molecule has 2 heterocycles.